The SMILES string of the molecule is CC1(C)C(NC(CO)c2ccc(Cl)c(F)c2)C2CCOC21. The van der Waals surface area contributed by atoms with Gasteiger partial charge in [0.15, 0.2) is 0 Å². The largest absolute Gasteiger partial charge is 0.394 e. The van der Waals surface area contributed by atoms with E-state index in [9.17, 15) is 9.50 Å². The van der Waals surface area contributed by atoms with Crippen molar-refractivity contribution in [3.05, 3.63) is 34.6 Å². The molecule has 1 saturated carbocycles. The average molecular weight is 314 g/mol. The minimum absolute atomic E-state index is 0.0273. The fraction of sp³-hybridized carbons (Fsp3) is 0.625. The van der Waals surface area contributed by atoms with Crippen LogP contribution in [-0.4, -0.2) is 30.5 Å². The Kier molecular flexibility index (Phi) is 3.99. The van der Waals surface area contributed by atoms with E-state index in [-0.39, 0.29) is 35.2 Å². The Hall–Kier alpha value is -0.680. The van der Waals surface area contributed by atoms with Crippen molar-refractivity contribution in [3.8, 4) is 0 Å². The molecule has 4 unspecified atom stereocenters. The lowest BCUT2D eigenvalue weighted by Gasteiger charge is -2.55. The Morgan fingerprint density at radius 3 is 2.95 bits per heavy atom. The van der Waals surface area contributed by atoms with E-state index in [1.54, 1.807) is 6.07 Å². The highest BCUT2D eigenvalue weighted by Crippen LogP contribution is 2.52. The van der Waals surface area contributed by atoms with Gasteiger partial charge in [-0.05, 0) is 24.1 Å². The minimum atomic E-state index is -0.454. The molecule has 1 saturated heterocycles. The Morgan fingerprint density at radius 2 is 2.29 bits per heavy atom. The van der Waals surface area contributed by atoms with Crippen LogP contribution in [0.25, 0.3) is 0 Å². The summed E-state index contributed by atoms with van der Waals surface area (Å²) in [4.78, 5) is 0. The minimum Gasteiger partial charge on any atom is -0.394 e. The fourth-order valence-corrected chi connectivity index (χ4v) is 3.98. The molecule has 2 N–H and O–H groups in total. The van der Waals surface area contributed by atoms with Gasteiger partial charge in [0.25, 0.3) is 0 Å². The molecule has 1 aromatic rings. The van der Waals surface area contributed by atoms with E-state index in [4.69, 9.17) is 16.3 Å². The van der Waals surface area contributed by atoms with Crippen LogP contribution in [0.15, 0.2) is 18.2 Å². The van der Waals surface area contributed by atoms with Gasteiger partial charge in [0, 0.05) is 24.0 Å². The highest BCUT2D eigenvalue weighted by atomic mass is 35.5. The summed E-state index contributed by atoms with van der Waals surface area (Å²) in [5.74, 6) is 0.0237. The van der Waals surface area contributed by atoms with E-state index in [0.29, 0.717) is 5.92 Å². The van der Waals surface area contributed by atoms with Gasteiger partial charge in [-0.15, -0.1) is 0 Å². The van der Waals surface area contributed by atoms with Gasteiger partial charge in [0.1, 0.15) is 5.82 Å². The lowest BCUT2D eigenvalue weighted by Crippen LogP contribution is -2.66. The molecule has 116 valence electrons. The van der Waals surface area contributed by atoms with Gasteiger partial charge >= 0.3 is 0 Å². The van der Waals surface area contributed by atoms with Crippen LogP contribution < -0.4 is 5.32 Å². The molecule has 4 atom stereocenters. The van der Waals surface area contributed by atoms with Crippen molar-refractivity contribution in [2.45, 2.75) is 38.5 Å². The zero-order chi connectivity index (χ0) is 15.2. The lowest BCUT2D eigenvalue weighted by atomic mass is 9.57. The van der Waals surface area contributed by atoms with Crippen molar-refractivity contribution in [2.75, 3.05) is 13.2 Å². The molecule has 2 aliphatic rings. The summed E-state index contributed by atoms with van der Waals surface area (Å²) in [6.45, 7) is 5.07. The Morgan fingerprint density at radius 1 is 1.52 bits per heavy atom. The predicted molar refractivity (Wildman–Crippen MR) is 79.8 cm³/mol. The van der Waals surface area contributed by atoms with E-state index in [1.165, 1.54) is 12.1 Å². The first-order valence-corrected chi connectivity index (χ1v) is 7.76. The van der Waals surface area contributed by atoms with Crippen molar-refractivity contribution in [3.63, 3.8) is 0 Å². The van der Waals surface area contributed by atoms with Crippen LogP contribution in [0.2, 0.25) is 5.02 Å². The number of benzene rings is 1. The number of hydrogen-bond acceptors (Lipinski definition) is 3. The van der Waals surface area contributed by atoms with E-state index < -0.39 is 5.82 Å². The van der Waals surface area contributed by atoms with E-state index in [2.05, 4.69) is 19.2 Å². The number of aliphatic hydroxyl groups excluding tert-OH is 1. The molecule has 1 aliphatic carbocycles. The maximum atomic E-state index is 13.6. The van der Waals surface area contributed by atoms with Crippen molar-refractivity contribution in [1.29, 1.82) is 0 Å². The molecule has 2 fully saturated rings. The monoisotopic (exact) mass is 313 g/mol. The molecule has 0 spiro atoms. The lowest BCUT2D eigenvalue weighted by molar-refractivity contribution is -0.116. The molecule has 0 aromatic heterocycles. The maximum absolute atomic E-state index is 13.6. The molecule has 5 heteroatoms. The fourth-order valence-electron chi connectivity index (χ4n) is 3.86. The first-order chi connectivity index (χ1) is 9.95. The van der Waals surface area contributed by atoms with Crippen molar-refractivity contribution >= 4 is 11.6 Å². The first kappa shape index (κ1) is 15.2. The smallest absolute Gasteiger partial charge is 0.142 e. The molecule has 21 heavy (non-hydrogen) atoms. The zero-order valence-corrected chi connectivity index (χ0v) is 13.0. The summed E-state index contributed by atoms with van der Waals surface area (Å²) in [7, 11) is 0. The molecule has 1 aromatic carbocycles. The summed E-state index contributed by atoms with van der Waals surface area (Å²) in [6.07, 6.45) is 1.33. The second-order valence-electron chi connectivity index (χ2n) is 6.62. The molecule has 0 bridgehead atoms. The summed E-state index contributed by atoms with van der Waals surface area (Å²) in [5.41, 5.74) is 0.747. The average Bonchev–Trinajstić information content (AvgIpc) is 2.90. The standard InChI is InChI=1S/C16H21ClFNO2/c1-16(2)14(10-5-6-21-15(10)16)19-13(8-20)9-3-4-11(17)12(18)7-9/h3-4,7,10,13-15,19-20H,5-6,8H2,1-2H3. The molecule has 3 nitrogen and oxygen atoms in total. The van der Waals surface area contributed by atoms with Gasteiger partial charge in [0.2, 0.25) is 0 Å². The molecule has 0 radical (unpaired) electrons. The van der Waals surface area contributed by atoms with Crippen LogP contribution in [0, 0.1) is 17.2 Å². The number of fused-ring (bicyclic) bond motifs is 1. The van der Waals surface area contributed by atoms with Gasteiger partial charge in [0.05, 0.1) is 23.8 Å². The topological polar surface area (TPSA) is 41.5 Å². The summed E-state index contributed by atoms with van der Waals surface area (Å²) in [5, 5.41) is 13.3. The molecule has 3 rings (SSSR count). The van der Waals surface area contributed by atoms with E-state index in [1.807, 2.05) is 0 Å². The Labute approximate surface area is 129 Å². The third kappa shape index (κ3) is 2.48. The van der Waals surface area contributed by atoms with Gasteiger partial charge in [-0.2, -0.15) is 0 Å². The zero-order valence-electron chi connectivity index (χ0n) is 12.3. The number of nitrogens with one attached hydrogen (secondary N) is 1. The van der Waals surface area contributed by atoms with Crippen LogP contribution in [0.4, 0.5) is 4.39 Å². The first-order valence-electron chi connectivity index (χ1n) is 7.38. The summed E-state index contributed by atoms with van der Waals surface area (Å²) in [6, 6.07) is 4.66. The third-order valence-corrected chi connectivity index (χ3v) is 5.32. The highest BCUT2D eigenvalue weighted by Gasteiger charge is 2.59. The van der Waals surface area contributed by atoms with Crippen LogP contribution in [0.5, 0.6) is 0 Å². The van der Waals surface area contributed by atoms with Gasteiger partial charge in [-0.25, -0.2) is 4.39 Å². The number of rotatable bonds is 4. The summed E-state index contributed by atoms with van der Waals surface area (Å²) >= 11 is 5.72. The van der Waals surface area contributed by atoms with Crippen LogP contribution in [-0.2, 0) is 4.74 Å². The van der Waals surface area contributed by atoms with Crippen LogP contribution >= 0.6 is 11.6 Å². The molecular weight excluding hydrogens is 293 g/mol. The number of ether oxygens (including phenoxy) is 1. The highest BCUT2D eigenvalue weighted by molar-refractivity contribution is 6.30. The van der Waals surface area contributed by atoms with E-state index >= 15 is 0 Å². The quantitative estimate of drug-likeness (QED) is 0.898. The number of halogens is 2. The number of aliphatic hydroxyl groups is 1. The summed E-state index contributed by atoms with van der Waals surface area (Å²) < 4.78 is 19.4. The van der Waals surface area contributed by atoms with Crippen molar-refractivity contribution in [2.24, 2.45) is 11.3 Å². The van der Waals surface area contributed by atoms with Gasteiger partial charge < -0.3 is 15.2 Å². The van der Waals surface area contributed by atoms with Gasteiger partial charge in [-0.1, -0.05) is 31.5 Å². The molecule has 1 heterocycles. The second-order valence-corrected chi connectivity index (χ2v) is 7.03. The normalized spacial score (nSPS) is 31.6. The van der Waals surface area contributed by atoms with E-state index in [0.717, 1.165) is 18.6 Å². The molecular formula is C16H21ClFNO2. The van der Waals surface area contributed by atoms with Crippen molar-refractivity contribution in [1.82, 2.24) is 5.32 Å². The molecule has 0 amide bonds. The second kappa shape index (κ2) is 5.51. The maximum Gasteiger partial charge on any atom is 0.142 e. The third-order valence-electron chi connectivity index (χ3n) is 5.01. The molecule has 1 aliphatic heterocycles. The van der Waals surface area contributed by atoms with Gasteiger partial charge in [-0.3, -0.25) is 0 Å². The Bertz CT molecular complexity index is 537. The van der Waals surface area contributed by atoms with Crippen LogP contribution in [0.1, 0.15) is 31.9 Å². The van der Waals surface area contributed by atoms with Crippen molar-refractivity contribution < 1.29 is 14.2 Å². The van der Waals surface area contributed by atoms with Crippen LogP contribution in [0.3, 0.4) is 0 Å². The number of hydrogen-bond donors (Lipinski definition) is 2. The predicted octanol–water partition coefficient (Wildman–Crippen LogP) is 2.92. The Balaban J connectivity index is 1.77.